The molecule has 0 spiro atoms. The molecular formula is C17H29N3O2. The van der Waals surface area contributed by atoms with Crippen LogP contribution >= 0.6 is 0 Å². The molecule has 0 radical (unpaired) electrons. The van der Waals surface area contributed by atoms with Crippen molar-refractivity contribution < 1.29 is 9.47 Å². The Morgan fingerprint density at radius 2 is 2.27 bits per heavy atom. The Labute approximate surface area is 133 Å². The number of guanidine groups is 1. The van der Waals surface area contributed by atoms with Crippen molar-refractivity contribution in [2.45, 2.75) is 45.3 Å². The standard InChI is InChI=1S/C17H29N3O2/c1-17(2)14(13-7-11-22-15(13)17)20-16(18-3)19-8-4-12-5-9-21-10-6-12/h5,13-15H,4,6-11H2,1-3H3,(H2,18,19,20). The molecule has 3 rings (SSSR count). The fourth-order valence-corrected chi connectivity index (χ4v) is 4.09. The first-order valence-electron chi connectivity index (χ1n) is 8.47. The van der Waals surface area contributed by atoms with Crippen LogP contribution in [-0.2, 0) is 9.47 Å². The molecule has 2 N–H and O–H groups in total. The minimum Gasteiger partial charge on any atom is -0.377 e. The SMILES string of the molecule is CN=C(NCCC1=CCOCC1)NC1C2CCOC2C1(C)C. The highest BCUT2D eigenvalue weighted by Crippen LogP contribution is 2.52. The normalized spacial score (nSPS) is 33.7. The number of nitrogens with zero attached hydrogens (tertiary/aromatic N) is 1. The van der Waals surface area contributed by atoms with Crippen molar-refractivity contribution in [1.29, 1.82) is 0 Å². The molecule has 3 aliphatic rings. The quantitative estimate of drug-likeness (QED) is 0.471. The smallest absolute Gasteiger partial charge is 0.191 e. The van der Waals surface area contributed by atoms with Gasteiger partial charge in [0.1, 0.15) is 0 Å². The number of rotatable bonds is 4. The lowest BCUT2D eigenvalue weighted by molar-refractivity contribution is -0.106. The van der Waals surface area contributed by atoms with Gasteiger partial charge in [-0.1, -0.05) is 25.5 Å². The van der Waals surface area contributed by atoms with Gasteiger partial charge >= 0.3 is 0 Å². The largest absolute Gasteiger partial charge is 0.377 e. The molecule has 0 bridgehead atoms. The molecule has 0 aromatic rings. The van der Waals surface area contributed by atoms with Gasteiger partial charge in [-0.2, -0.15) is 0 Å². The molecule has 124 valence electrons. The number of fused-ring (bicyclic) bond motifs is 1. The van der Waals surface area contributed by atoms with Crippen LogP contribution < -0.4 is 10.6 Å². The lowest BCUT2D eigenvalue weighted by Crippen LogP contribution is -2.67. The Balaban J connectivity index is 1.47. The van der Waals surface area contributed by atoms with E-state index >= 15 is 0 Å². The van der Waals surface area contributed by atoms with Gasteiger partial charge in [-0.15, -0.1) is 0 Å². The maximum atomic E-state index is 5.85. The minimum absolute atomic E-state index is 0.183. The molecule has 2 aliphatic heterocycles. The first kappa shape index (κ1) is 15.8. The molecule has 0 aromatic carbocycles. The predicted octanol–water partition coefficient (Wildman–Crippen LogP) is 1.70. The van der Waals surface area contributed by atoms with E-state index in [-0.39, 0.29) is 5.41 Å². The van der Waals surface area contributed by atoms with Crippen LogP contribution in [0.2, 0.25) is 0 Å². The van der Waals surface area contributed by atoms with Crippen LogP contribution in [0.1, 0.15) is 33.1 Å². The van der Waals surface area contributed by atoms with Crippen molar-refractivity contribution >= 4 is 5.96 Å². The number of ether oxygens (including phenoxy) is 2. The Bertz CT molecular complexity index is 459. The summed E-state index contributed by atoms with van der Waals surface area (Å²) >= 11 is 0. The zero-order valence-electron chi connectivity index (χ0n) is 14.0. The molecule has 2 heterocycles. The van der Waals surface area contributed by atoms with Crippen LogP contribution in [0.15, 0.2) is 16.6 Å². The summed E-state index contributed by atoms with van der Waals surface area (Å²) in [7, 11) is 1.84. The van der Waals surface area contributed by atoms with Gasteiger partial charge in [-0.25, -0.2) is 0 Å². The van der Waals surface area contributed by atoms with Gasteiger partial charge in [0, 0.05) is 37.6 Å². The zero-order chi connectivity index (χ0) is 15.6. The number of hydrogen-bond acceptors (Lipinski definition) is 3. The van der Waals surface area contributed by atoms with E-state index in [1.54, 1.807) is 0 Å². The van der Waals surface area contributed by atoms with E-state index in [0.29, 0.717) is 18.1 Å². The monoisotopic (exact) mass is 307 g/mol. The molecule has 1 aliphatic carbocycles. The fraction of sp³-hybridized carbons (Fsp3) is 0.824. The molecule has 3 unspecified atom stereocenters. The zero-order valence-corrected chi connectivity index (χ0v) is 14.0. The van der Waals surface area contributed by atoms with Crippen LogP contribution in [-0.4, -0.2) is 51.5 Å². The molecule has 22 heavy (non-hydrogen) atoms. The molecule has 0 amide bonds. The summed E-state index contributed by atoms with van der Waals surface area (Å²) in [6.45, 7) is 8.02. The summed E-state index contributed by atoms with van der Waals surface area (Å²) in [5.74, 6) is 1.54. The van der Waals surface area contributed by atoms with Crippen LogP contribution in [0.4, 0.5) is 0 Å². The van der Waals surface area contributed by atoms with E-state index in [1.807, 2.05) is 7.05 Å². The average molecular weight is 307 g/mol. The van der Waals surface area contributed by atoms with Crippen LogP contribution in [0, 0.1) is 11.3 Å². The molecule has 5 heteroatoms. The molecule has 5 nitrogen and oxygen atoms in total. The molecule has 1 saturated heterocycles. The van der Waals surface area contributed by atoms with Crippen molar-refractivity contribution in [3.05, 3.63) is 11.6 Å². The van der Waals surface area contributed by atoms with Crippen molar-refractivity contribution in [1.82, 2.24) is 10.6 Å². The summed E-state index contributed by atoms with van der Waals surface area (Å²) < 4.78 is 11.2. The molecule has 2 fully saturated rings. The predicted molar refractivity (Wildman–Crippen MR) is 88.0 cm³/mol. The first-order valence-corrected chi connectivity index (χ1v) is 8.47. The average Bonchev–Trinajstić information content (AvgIpc) is 2.98. The van der Waals surface area contributed by atoms with Gasteiger partial charge < -0.3 is 20.1 Å². The van der Waals surface area contributed by atoms with Crippen LogP contribution in [0.25, 0.3) is 0 Å². The van der Waals surface area contributed by atoms with Gasteiger partial charge in [0.25, 0.3) is 0 Å². The van der Waals surface area contributed by atoms with Gasteiger partial charge in [0.05, 0.1) is 19.3 Å². The maximum absolute atomic E-state index is 5.85. The topological polar surface area (TPSA) is 54.9 Å². The van der Waals surface area contributed by atoms with Crippen molar-refractivity contribution in [3.8, 4) is 0 Å². The van der Waals surface area contributed by atoms with E-state index in [1.165, 1.54) is 5.57 Å². The van der Waals surface area contributed by atoms with E-state index in [2.05, 4.69) is 35.5 Å². The highest BCUT2D eigenvalue weighted by Gasteiger charge is 2.59. The number of aliphatic imine (C=N–C) groups is 1. The molecule has 3 atom stereocenters. The van der Waals surface area contributed by atoms with Crippen LogP contribution in [0.3, 0.4) is 0 Å². The third-order valence-corrected chi connectivity index (χ3v) is 5.41. The van der Waals surface area contributed by atoms with Gasteiger partial charge in [0.2, 0.25) is 0 Å². The number of nitrogens with one attached hydrogen (secondary N) is 2. The maximum Gasteiger partial charge on any atom is 0.191 e. The molecule has 0 aromatic heterocycles. The van der Waals surface area contributed by atoms with Gasteiger partial charge in [0.15, 0.2) is 5.96 Å². The minimum atomic E-state index is 0.183. The summed E-state index contributed by atoms with van der Waals surface area (Å²) in [6.07, 6.45) is 5.90. The second kappa shape index (κ2) is 6.59. The summed E-state index contributed by atoms with van der Waals surface area (Å²) in [6, 6.07) is 0.452. The third-order valence-electron chi connectivity index (χ3n) is 5.41. The highest BCUT2D eigenvalue weighted by molar-refractivity contribution is 5.80. The summed E-state index contributed by atoms with van der Waals surface area (Å²) in [5.41, 5.74) is 1.67. The fourth-order valence-electron chi connectivity index (χ4n) is 4.09. The summed E-state index contributed by atoms with van der Waals surface area (Å²) in [5, 5.41) is 7.07. The lowest BCUT2D eigenvalue weighted by atomic mass is 9.57. The van der Waals surface area contributed by atoms with Crippen molar-refractivity contribution in [2.24, 2.45) is 16.3 Å². The molecule has 1 saturated carbocycles. The van der Waals surface area contributed by atoms with E-state index in [4.69, 9.17) is 9.47 Å². The van der Waals surface area contributed by atoms with Gasteiger partial charge in [-0.3, -0.25) is 4.99 Å². The third kappa shape index (κ3) is 3.01. The second-order valence-corrected chi connectivity index (χ2v) is 7.12. The van der Waals surface area contributed by atoms with E-state index < -0.39 is 0 Å². The van der Waals surface area contributed by atoms with Crippen molar-refractivity contribution in [3.63, 3.8) is 0 Å². The van der Waals surface area contributed by atoms with Crippen molar-refractivity contribution in [2.75, 3.05) is 33.4 Å². The van der Waals surface area contributed by atoms with Crippen LogP contribution in [0.5, 0.6) is 0 Å². The Morgan fingerprint density at radius 3 is 3.00 bits per heavy atom. The first-order chi connectivity index (χ1) is 10.6. The second-order valence-electron chi connectivity index (χ2n) is 7.12. The molecular weight excluding hydrogens is 278 g/mol. The number of hydrogen-bond donors (Lipinski definition) is 2. The summed E-state index contributed by atoms with van der Waals surface area (Å²) in [4.78, 5) is 4.38. The van der Waals surface area contributed by atoms with Gasteiger partial charge in [-0.05, 0) is 19.3 Å². The van der Waals surface area contributed by atoms with E-state index in [0.717, 1.165) is 51.6 Å². The Hall–Kier alpha value is -1.07. The Kier molecular flexibility index (Phi) is 4.73. The van der Waals surface area contributed by atoms with E-state index in [9.17, 15) is 0 Å². The lowest BCUT2D eigenvalue weighted by Gasteiger charge is -2.54. The Morgan fingerprint density at radius 1 is 1.41 bits per heavy atom. The highest BCUT2D eigenvalue weighted by atomic mass is 16.5.